The lowest BCUT2D eigenvalue weighted by molar-refractivity contribution is -0.116. The van der Waals surface area contributed by atoms with Crippen LogP contribution in [0.1, 0.15) is 37.7 Å². The van der Waals surface area contributed by atoms with Gasteiger partial charge in [0.1, 0.15) is 0 Å². The van der Waals surface area contributed by atoms with Gasteiger partial charge in [0.25, 0.3) is 0 Å². The van der Waals surface area contributed by atoms with Crippen molar-refractivity contribution in [3.8, 4) is 0 Å². The van der Waals surface area contributed by atoms with Crippen molar-refractivity contribution >= 4 is 34.1 Å². The van der Waals surface area contributed by atoms with Gasteiger partial charge in [-0.1, -0.05) is 61.0 Å². The Bertz CT molecular complexity index is 981. The van der Waals surface area contributed by atoms with Crippen LogP contribution < -0.4 is 5.32 Å². The lowest BCUT2D eigenvalue weighted by atomic mass is 10.1. The molecule has 1 fully saturated rings. The molecule has 0 saturated carbocycles. The van der Waals surface area contributed by atoms with Crippen molar-refractivity contribution in [2.75, 3.05) is 25.0 Å². The normalized spacial score (nSPS) is 14.7. The van der Waals surface area contributed by atoms with Crippen molar-refractivity contribution < 1.29 is 4.79 Å². The van der Waals surface area contributed by atoms with Crippen molar-refractivity contribution in [1.29, 1.82) is 0 Å². The minimum Gasteiger partial charge on any atom is -0.325 e. The lowest BCUT2D eigenvalue weighted by Gasteiger charge is -2.26. The Morgan fingerprint density at radius 1 is 0.900 bits per heavy atom. The molecule has 1 N–H and O–H groups in total. The van der Waals surface area contributed by atoms with Crippen molar-refractivity contribution in [1.82, 2.24) is 4.90 Å². The van der Waals surface area contributed by atoms with E-state index in [2.05, 4.69) is 58.7 Å². The molecule has 0 unspecified atom stereocenters. The molecule has 0 aromatic heterocycles. The summed E-state index contributed by atoms with van der Waals surface area (Å²) in [5.41, 5.74) is 2.22. The van der Waals surface area contributed by atoms with Crippen LogP contribution in [0.15, 0.2) is 71.6 Å². The summed E-state index contributed by atoms with van der Waals surface area (Å²) in [7, 11) is 0. The van der Waals surface area contributed by atoms with Gasteiger partial charge in [-0.3, -0.25) is 4.79 Å². The molecule has 1 heterocycles. The Labute approximate surface area is 183 Å². The van der Waals surface area contributed by atoms with Gasteiger partial charge in [0.15, 0.2) is 0 Å². The molecule has 0 aliphatic carbocycles. The molecule has 4 rings (SSSR count). The zero-order valence-electron chi connectivity index (χ0n) is 17.5. The average molecular weight is 419 g/mol. The van der Waals surface area contributed by atoms with Gasteiger partial charge >= 0.3 is 0 Å². The van der Waals surface area contributed by atoms with Crippen molar-refractivity contribution in [3.63, 3.8) is 0 Å². The molecule has 30 heavy (non-hydrogen) atoms. The summed E-state index contributed by atoms with van der Waals surface area (Å²) in [6.07, 6.45) is 5.46. The number of carbonyl (C=O) groups excluding carboxylic acids is 1. The smallest absolute Gasteiger partial charge is 0.224 e. The van der Waals surface area contributed by atoms with E-state index in [4.69, 9.17) is 0 Å². The molecule has 1 aliphatic heterocycles. The van der Waals surface area contributed by atoms with Gasteiger partial charge in [-0.05, 0) is 67.4 Å². The second kappa shape index (κ2) is 10.6. The summed E-state index contributed by atoms with van der Waals surface area (Å²) in [6, 6.07) is 23.2. The molecular formula is C26H30N2OS. The lowest BCUT2D eigenvalue weighted by Crippen LogP contribution is -2.31. The first kappa shape index (κ1) is 21.0. The molecule has 0 radical (unpaired) electrons. The second-order valence-electron chi connectivity index (χ2n) is 8.02. The van der Waals surface area contributed by atoms with E-state index in [9.17, 15) is 4.79 Å². The molecular weight excluding hydrogens is 388 g/mol. The number of hydrogen-bond acceptors (Lipinski definition) is 3. The fraction of sp³-hybridized carbons (Fsp3) is 0.346. The zero-order chi connectivity index (χ0) is 20.6. The third kappa shape index (κ3) is 5.87. The SMILES string of the molecule is O=C(CCCN1CCCCC1)Nc1ccccc1SCc1ccc2ccccc2c1. The zero-order valence-corrected chi connectivity index (χ0v) is 18.3. The Morgan fingerprint density at radius 3 is 2.53 bits per heavy atom. The maximum atomic E-state index is 12.5. The Kier molecular flexibility index (Phi) is 7.44. The van der Waals surface area contributed by atoms with Crippen LogP contribution in [0.4, 0.5) is 5.69 Å². The van der Waals surface area contributed by atoms with Crippen LogP contribution in [0.25, 0.3) is 10.8 Å². The first-order valence-electron chi connectivity index (χ1n) is 11.0. The third-order valence-corrected chi connectivity index (χ3v) is 6.84. The molecule has 0 bridgehead atoms. The van der Waals surface area contributed by atoms with Crippen molar-refractivity contribution in [3.05, 3.63) is 72.3 Å². The van der Waals surface area contributed by atoms with E-state index in [0.717, 1.165) is 29.3 Å². The molecule has 4 heteroatoms. The van der Waals surface area contributed by atoms with Crippen LogP contribution in [-0.2, 0) is 10.5 Å². The second-order valence-corrected chi connectivity index (χ2v) is 9.04. The number of nitrogens with zero attached hydrogens (tertiary/aromatic N) is 1. The molecule has 1 amide bonds. The summed E-state index contributed by atoms with van der Waals surface area (Å²) in [4.78, 5) is 16.1. The number of carbonyl (C=O) groups is 1. The van der Waals surface area contributed by atoms with E-state index >= 15 is 0 Å². The van der Waals surface area contributed by atoms with E-state index in [1.165, 1.54) is 48.7 Å². The molecule has 3 aromatic carbocycles. The van der Waals surface area contributed by atoms with Gasteiger partial charge in [-0.25, -0.2) is 0 Å². The van der Waals surface area contributed by atoms with E-state index in [0.29, 0.717) is 6.42 Å². The number of anilines is 1. The van der Waals surface area contributed by atoms with Crippen LogP contribution in [0.2, 0.25) is 0 Å². The third-order valence-electron chi connectivity index (χ3n) is 5.70. The number of hydrogen-bond donors (Lipinski definition) is 1. The molecule has 3 nitrogen and oxygen atoms in total. The fourth-order valence-electron chi connectivity index (χ4n) is 4.04. The van der Waals surface area contributed by atoms with Crippen LogP contribution in [0.3, 0.4) is 0 Å². The van der Waals surface area contributed by atoms with Gasteiger partial charge in [0.05, 0.1) is 5.69 Å². The molecule has 0 atom stereocenters. The predicted molar refractivity (Wildman–Crippen MR) is 128 cm³/mol. The number of para-hydroxylation sites is 1. The summed E-state index contributed by atoms with van der Waals surface area (Å²) < 4.78 is 0. The van der Waals surface area contributed by atoms with E-state index in [1.54, 1.807) is 11.8 Å². The minimum absolute atomic E-state index is 0.116. The van der Waals surface area contributed by atoms with Crippen LogP contribution in [0.5, 0.6) is 0 Å². The number of thioether (sulfide) groups is 1. The Morgan fingerprint density at radius 2 is 1.67 bits per heavy atom. The van der Waals surface area contributed by atoms with Gasteiger partial charge in [-0.15, -0.1) is 11.8 Å². The average Bonchev–Trinajstić information content (AvgIpc) is 2.79. The highest BCUT2D eigenvalue weighted by Crippen LogP contribution is 2.30. The standard InChI is InChI=1S/C26H30N2OS/c29-26(13-8-18-28-16-6-1-7-17-28)27-24-11-4-5-12-25(24)30-20-21-14-15-22-9-2-3-10-23(22)19-21/h2-5,9-12,14-15,19H,1,6-8,13,16-18,20H2,(H,27,29). The molecule has 1 aliphatic rings. The summed E-state index contributed by atoms with van der Waals surface area (Å²) in [6.45, 7) is 3.41. The minimum atomic E-state index is 0.116. The number of amides is 1. The Balaban J connectivity index is 1.30. The topological polar surface area (TPSA) is 32.3 Å². The van der Waals surface area contributed by atoms with E-state index < -0.39 is 0 Å². The van der Waals surface area contributed by atoms with E-state index in [1.807, 2.05) is 18.2 Å². The number of nitrogens with one attached hydrogen (secondary N) is 1. The first-order valence-corrected chi connectivity index (χ1v) is 12.0. The van der Waals surface area contributed by atoms with Crippen LogP contribution in [-0.4, -0.2) is 30.4 Å². The number of likely N-dealkylation sites (tertiary alicyclic amines) is 1. The number of piperidine rings is 1. The quantitative estimate of drug-likeness (QED) is 0.433. The summed E-state index contributed by atoms with van der Waals surface area (Å²) in [5, 5.41) is 5.67. The van der Waals surface area contributed by atoms with Gasteiger partial charge in [0, 0.05) is 17.1 Å². The molecule has 1 saturated heterocycles. The van der Waals surface area contributed by atoms with Crippen LogP contribution in [0, 0.1) is 0 Å². The van der Waals surface area contributed by atoms with Crippen molar-refractivity contribution in [2.45, 2.75) is 42.8 Å². The number of benzene rings is 3. The number of fused-ring (bicyclic) bond motifs is 1. The summed E-state index contributed by atoms with van der Waals surface area (Å²) in [5.74, 6) is 0.998. The van der Waals surface area contributed by atoms with Crippen molar-refractivity contribution in [2.24, 2.45) is 0 Å². The molecule has 0 spiro atoms. The predicted octanol–water partition coefficient (Wildman–Crippen LogP) is 6.34. The van der Waals surface area contributed by atoms with E-state index in [-0.39, 0.29) is 5.91 Å². The number of rotatable bonds is 8. The Hall–Kier alpha value is -2.30. The van der Waals surface area contributed by atoms with Gasteiger partial charge in [-0.2, -0.15) is 0 Å². The van der Waals surface area contributed by atoms with Gasteiger partial charge in [0.2, 0.25) is 5.91 Å². The highest BCUT2D eigenvalue weighted by Gasteiger charge is 2.11. The first-order chi connectivity index (χ1) is 14.8. The highest BCUT2D eigenvalue weighted by atomic mass is 32.2. The molecule has 3 aromatic rings. The van der Waals surface area contributed by atoms with Gasteiger partial charge < -0.3 is 10.2 Å². The largest absolute Gasteiger partial charge is 0.325 e. The monoisotopic (exact) mass is 418 g/mol. The maximum absolute atomic E-state index is 12.5. The molecule has 156 valence electrons. The van der Waals surface area contributed by atoms with Crippen LogP contribution >= 0.6 is 11.8 Å². The highest BCUT2D eigenvalue weighted by molar-refractivity contribution is 7.98. The maximum Gasteiger partial charge on any atom is 0.224 e. The fourth-order valence-corrected chi connectivity index (χ4v) is 5.00. The summed E-state index contributed by atoms with van der Waals surface area (Å²) >= 11 is 1.77.